The molecule has 1 N–H and O–H groups in total. The maximum absolute atomic E-state index is 12.7. The number of methoxy groups -OCH3 is 1. The molecule has 5 rings (SSSR count). The van der Waals surface area contributed by atoms with Gasteiger partial charge in [0.1, 0.15) is 54.3 Å². The van der Waals surface area contributed by atoms with Gasteiger partial charge in [0.05, 0.1) is 38.7 Å². The van der Waals surface area contributed by atoms with E-state index in [1.54, 1.807) is 31.8 Å². The Labute approximate surface area is 256 Å². The number of aliphatic hydroxyl groups is 1. The van der Waals surface area contributed by atoms with Gasteiger partial charge in [-0.3, -0.25) is 4.79 Å². The van der Waals surface area contributed by atoms with E-state index in [1.807, 2.05) is 66.7 Å². The van der Waals surface area contributed by atoms with Crippen molar-refractivity contribution in [2.24, 2.45) is 5.16 Å². The van der Waals surface area contributed by atoms with Gasteiger partial charge in [-0.15, -0.1) is 5.10 Å². The number of benzene rings is 2. The molecule has 0 amide bonds. The molecule has 0 spiro atoms. The molecular formula is C32H38N4O8. The van der Waals surface area contributed by atoms with Gasteiger partial charge in [0.2, 0.25) is 0 Å². The maximum Gasteiger partial charge on any atom is 0.306 e. The zero-order valence-electron chi connectivity index (χ0n) is 25.0. The van der Waals surface area contributed by atoms with Crippen molar-refractivity contribution >= 4 is 11.7 Å². The molecule has 2 aromatic carbocycles. The number of ether oxygens (including phenoxy) is 5. The third kappa shape index (κ3) is 8.22. The van der Waals surface area contributed by atoms with E-state index < -0.39 is 24.4 Å². The van der Waals surface area contributed by atoms with E-state index in [9.17, 15) is 9.90 Å². The van der Waals surface area contributed by atoms with E-state index in [2.05, 4.69) is 15.5 Å². The minimum absolute atomic E-state index is 0.0213. The second-order valence-electron chi connectivity index (χ2n) is 10.7. The molecule has 2 aliphatic rings. The Kier molecular flexibility index (Phi) is 10.6. The smallest absolute Gasteiger partial charge is 0.306 e. The normalized spacial score (nSPS) is 24.1. The van der Waals surface area contributed by atoms with Gasteiger partial charge < -0.3 is 33.6 Å². The topological polar surface area (TPSA) is 136 Å². The first-order valence-electron chi connectivity index (χ1n) is 14.6. The van der Waals surface area contributed by atoms with Crippen LogP contribution in [0.1, 0.15) is 56.2 Å². The molecule has 6 atom stereocenters. The Morgan fingerprint density at radius 3 is 2.59 bits per heavy atom. The first-order valence-corrected chi connectivity index (χ1v) is 14.6. The molecule has 0 unspecified atom stereocenters. The molecule has 3 heterocycles. The van der Waals surface area contributed by atoms with Crippen molar-refractivity contribution in [3.63, 3.8) is 0 Å². The number of esters is 1. The zero-order valence-corrected chi connectivity index (χ0v) is 25.0. The second kappa shape index (κ2) is 15.0. The van der Waals surface area contributed by atoms with Gasteiger partial charge in [-0.2, -0.15) is 0 Å². The Balaban J connectivity index is 1.12. The quantitative estimate of drug-likeness (QED) is 0.131. The largest absolute Gasteiger partial charge is 0.497 e. The van der Waals surface area contributed by atoms with Crippen molar-refractivity contribution in [1.29, 1.82) is 0 Å². The van der Waals surface area contributed by atoms with Crippen LogP contribution in [-0.4, -0.2) is 77.0 Å². The first-order chi connectivity index (χ1) is 21.4. The van der Waals surface area contributed by atoms with Crippen molar-refractivity contribution in [3.05, 3.63) is 84.2 Å². The van der Waals surface area contributed by atoms with Crippen molar-refractivity contribution in [1.82, 2.24) is 15.0 Å². The highest BCUT2D eigenvalue weighted by atomic mass is 16.6. The van der Waals surface area contributed by atoms with E-state index in [1.165, 1.54) is 0 Å². The molecule has 1 fully saturated rings. The molecule has 234 valence electrons. The second-order valence-corrected chi connectivity index (χ2v) is 10.7. The van der Waals surface area contributed by atoms with Crippen molar-refractivity contribution in [2.75, 3.05) is 26.9 Å². The molecule has 12 heteroatoms. The van der Waals surface area contributed by atoms with E-state index in [-0.39, 0.29) is 37.7 Å². The number of rotatable bonds is 13. The van der Waals surface area contributed by atoms with E-state index in [0.29, 0.717) is 30.2 Å². The van der Waals surface area contributed by atoms with Crippen LogP contribution in [0.2, 0.25) is 0 Å². The Bertz CT molecular complexity index is 1410. The van der Waals surface area contributed by atoms with Crippen LogP contribution in [0, 0.1) is 0 Å². The number of carbonyl (C=O) groups is 1. The SMILES string of the molecule is COc1ccc(O[C@H]2C=C[C@@H](c3ccccc3)O[C@H]2COC(=O)CCC(C)=NO[C@H](C)c2cn([C@@H]3COC[C@@H]3O)nn2)cc1. The average molecular weight is 607 g/mol. The highest BCUT2D eigenvalue weighted by Crippen LogP contribution is 2.29. The summed E-state index contributed by atoms with van der Waals surface area (Å²) in [5.74, 6) is 0.988. The summed E-state index contributed by atoms with van der Waals surface area (Å²) in [6, 6.07) is 16.8. The minimum atomic E-state index is -0.626. The number of hydrogen-bond donors (Lipinski definition) is 1. The van der Waals surface area contributed by atoms with Crippen molar-refractivity contribution in [3.8, 4) is 11.5 Å². The van der Waals surface area contributed by atoms with Crippen LogP contribution >= 0.6 is 0 Å². The Morgan fingerprint density at radius 1 is 1.09 bits per heavy atom. The van der Waals surface area contributed by atoms with Crippen LogP contribution in [0.15, 0.2) is 78.1 Å². The molecule has 44 heavy (non-hydrogen) atoms. The van der Waals surface area contributed by atoms with Crippen LogP contribution < -0.4 is 9.47 Å². The fourth-order valence-electron chi connectivity index (χ4n) is 4.76. The molecule has 0 bridgehead atoms. The third-order valence-electron chi connectivity index (χ3n) is 7.39. The lowest BCUT2D eigenvalue weighted by Gasteiger charge is -2.32. The van der Waals surface area contributed by atoms with Crippen LogP contribution in [0.3, 0.4) is 0 Å². The third-order valence-corrected chi connectivity index (χ3v) is 7.39. The predicted molar refractivity (Wildman–Crippen MR) is 159 cm³/mol. The molecule has 0 saturated carbocycles. The van der Waals surface area contributed by atoms with Gasteiger partial charge in [0, 0.05) is 0 Å². The minimum Gasteiger partial charge on any atom is -0.497 e. The summed E-state index contributed by atoms with van der Waals surface area (Å²) in [5, 5.41) is 22.4. The van der Waals surface area contributed by atoms with E-state index in [0.717, 1.165) is 11.3 Å². The van der Waals surface area contributed by atoms with Gasteiger partial charge in [0.15, 0.2) is 6.10 Å². The number of oxime groups is 1. The number of aromatic nitrogens is 3. The molecule has 12 nitrogen and oxygen atoms in total. The molecule has 0 aliphatic carbocycles. The van der Waals surface area contributed by atoms with Crippen LogP contribution in [0.4, 0.5) is 0 Å². The number of nitrogens with zero attached hydrogens (tertiary/aromatic N) is 4. The lowest BCUT2D eigenvalue weighted by Crippen LogP contribution is -2.40. The number of aliphatic hydroxyl groups excluding tert-OH is 1. The van der Waals surface area contributed by atoms with Gasteiger partial charge in [-0.1, -0.05) is 46.8 Å². The summed E-state index contributed by atoms with van der Waals surface area (Å²) in [4.78, 5) is 18.3. The summed E-state index contributed by atoms with van der Waals surface area (Å²) in [6.07, 6.45) is 3.72. The van der Waals surface area contributed by atoms with Gasteiger partial charge in [-0.05, 0) is 56.2 Å². The Hall–Kier alpha value is -4.26. The molecule has 3 aromatic rings. The molecule has 0 radical (unpaired) electrons. The van der Waals surface area contributed by atoms with Crippen molar-refractivity contribution in [2.45, 2.75) is 63.3 Å². The summed E-state index contributed by atoms with van der Waals surface area (Å²) >= 11 is 0. The highest BCUT2D eigenvalue weighted by Gasteiger charge is 2.31. The number of hydrogen-bond acceptors (Lipinski definition) is 11. The van der Waals surface area contributed by atoms with Crippen LogP contribution in [0.5, 0.6) is 11.5 Å². The standard InChI is InChI=1S/C32H38N4O8/c1-21(34-44-22(2)26-17-36(35-33-26)27-18-40-19-28(27)37)9-16-32(38)41-20-31-30(42-25-12-10-24(39-3)11-13-25)15-14-29(43-31)23-7-5-4-6-8-23/h4-8,10-15,17,22,27-31,37H,9,16,18-20H2,1-3H3/t22-,27-,28+,29+,30+,31+/m1/s1. The summed E-state index contributed by atoms with van der Waals surface area (Å²) in [7, 11) is 1.61. The van der Waals surface area contributed by atoms with Gasteiger partial charge in [-0.25, -0.2) is 4.68 Å². The average Bonchev–Trinajstić information content (AvgIpc) is 3.72. The zero-order chi connectivity index (χ0) is 30.9. The van der Waals surface area contributed by atoms with E-state index >= 15 is 0 Å². The maximum atomic E-state index is 12.7. The Morgan fingerprint density at radius 2 is 1.86 bits per heavy atom. The van der Waals surface area contributed by atoms with Gasteiger partial charge >= 0.3 is 5.97 Å². The van der Waals surface area contributed by atoms with Gasteiger partial charge in [0.25, 0.3) is 0 Å². The molecule has 1 aromatic heterocycles. The van der Waals surface area contributed by atoms with Crippen molar-refractivity contribution < 1.29 is 38.4 Å². The summed E-state index contributed by atoms with van der Waals surface area (Å²) < 4.78 is 30.2. The lowest BCUT2D eigenvalue weighted by atomic mass is 10.0. The predicted octanol–water partition coefficient (Wildman–Crippen LogP) is 4.14. The molecule has 1 saturated heterocycles. The van der Waals surface area contributed by atoms with Crippen LogP contribution in [-0.2, 0) is 23.8 Å². The fraction of sp³-hybridized carbons (Fsp3) is 0.438. The monoisotopic (exact) mass is 606 g/mol. The summed E-state index contributed by atoms with van der Waals surface area (Å²) in [6.45, 7) is 4.25. The molecule has 2 aliphatic heterocycles. The van der Waals surface area contributed by atoms with E-state index in [4.69, 9.17) is 28.5 Å². The van der Waals surface area contributed by atoms with Crippen LogP contribution in [0.25, 0.3) is 0 Å². The fourth-order valence-corrected chi connectivity index (χ4v) is 4.76. The first kappa shape index (κ1) is 31.2. The summed E-state index contributed by atoms with van der Waals surface area (Å²) in [5.41, 5.74) is 2.20. The lowest BCUT2D eigenvalue weighted by molar-refractivity contribution is -0.152. The molecular weight excluding hydrogens is 568 g/mol. The highest BCUT2D eigenvalue weighted by molar-refractivity contribution is 5.85. The number of carbonyl (C=O) groups excluding carboxylic acids is 1.